The van der Waals surface area contributed by atoms with Crippen LogP contribution in [0.5, 0.6) is 0 Å². The zero-order valence-corrected chi connectivity index (χ0v) is 30.1. The predicted octanol–water partition coefficient (Wildman–Crippen LogP) is 11.7. The molecule has 0 spiro atoms. The Morgan fingerprint density at radius 2 is 1.17 bits per heavy atom. The number of fused-ring (bicyclic) bond motifs is 4. The lowest BCUT2D eigenvalue weighted by Crippen LogP contribution is -2.24. The molecule has 54 heavy (non-hydrogen) atoms. The molecule has 0 saturated carbocycles. The van der Waals surface area contributed by atoms with Crippen LogP contribution in [0, 0.1) is 5.92 Å². The number of aromatic nitrogens is 5. The summed E-state index contributed by atoms with van der Waals surface area (Å²) in [5.41, 5.74) is 16.1. The molecule has 5 nitrogen and oxygen atoms in total. The summed E-state index contributed by atoms with van der Waals surface area (Å²) in [6.45, 7) is 4.76. The second kappa shape index (κ2) is 12.7. The summed E-state index contributed by atoms with van der Waals surface area (Å²) in [5.74, 6) is 0.937. The first-order valence-corrected chi connectivity index (χ1v) is 18.5. The van der Waals surface area contributed by atoms with Gasteiger partial charge in [-0.05, 0) is 111 Å². The van der Waals surface area contributed by atoms with Crippen molar-refractivity contribution in [3.8, 4) is 61.6 Å². The Labute approximate surface area is 315 Å². The molecular weight excluding hydrogens is 659 g/mol. The lowest BCUT2D eigenvalue weighted by molar-refractivity contribution is 0.394. The van der Waals surface area contributed by atoms with Crippen LogP contribution in [0.1, 0.15) is 30.9 Å². The molecule has 2 aliphatic rings. The van der Waals surface area contributed by atoms with E-state index in [4.69, 9.17) is 10.2 Å². The minimum atomic E-state index is 0.0732. The van der Waals surface area contributed by atoms with E-state index in [-0.39, 0.29) is 5.41 Å². The van der Waals surface area contributed by atoms with Crippen LogP contribution < -0.4 is 0 Å². The first-order chi connectivity index (χ1) is 26.5. The van der Waals surface area contributed by atoms with Gasteiger partial charge in [-0.25, -0.2) is 0 Å². The third kappa shape index (κ3) is 5.48. The van der Waals surface area contributed by atoms with Gasteiger partial charge in [0.15, 0.2) is 0 Å². The van der Waals surface area contributed by atoms with Gasteiger partial charge in [-0.2, -0.15) is 4.80 Å². The van der Waals surface area contributed by atoms with Crippen molar-refractivity contribution < 1.29 is 0 Å². The van der Waals surface area contributed by atoms with Gasteiger partial charge in [0, 0.05) is 35.0 Å². The average Bonchev–Trinajstić information content (AvgIpc) is 3.77. The lowest BCUT2D eigenvalue weighted by Gasteiger charge is -2.29. The molecule has 258 valence electrons. The van der Waals surface area contributed by atoms with Gasteiger partial charge in [-0.15, -0.1) is 10.2 Å². The second-order valence-corrected chi connectivity index (χ2v) is 14.9. The maximum absolute atomic E-state index is 5.14. The van der Waals surface area contributed by atoms with Crippen molar-refractivity contribution >= 4 is 11.0 Å². The molecule has 0 amide bonds. The fraction of sp³-hybridized carbons (Fsp3) is 0.102. The van der Waals surface area contributed by atoms with Crippen molar-refractivity contribution in [1.82, 2.24) is 25.0 Å². The number of pyridine rings is 2. The standard InChI is InChI=1S/C49H37N5/c1-49(2)43-16-4-3-15-40(43)41-24-21-34(30-44(41)49)32-19-22-39(23-20-32)54-52-47-31-38(33-11-9-13-36(27-33)45-17-5-7-25-50-45)29-42(48(47)53-54)35-12-10-14-37(28-35)46-18-6-8-26-51-46/h3-31,40,43H,1-2H3. The van der Waals surface area contributed by atoms with Crippen LogP contribution in [-0.4, -0.2) is 25.0 Å². The lowest BCUT2D eigenvalue weighted by atomic mass is 9.74. The number of hydrogen-bond donors (Lipinski definition) is 0. The number of rotatable bonds is 6. The summed E-state index contributed by atoms with van der Waals surface area (Å²) in [5, 5.41) is 10.2. The minimum Gasteiger partial charge on any atom is -0.256 e. The number of allylic oxidation sites excluding steroid dienone is 4. The van der Waals surface area contributed by atoms with Gasteiger partial charge >= 0.3 is 0 Å². The van der Waals surface area contributed by atoms with E-state index in [1.54, 1.807) is 4.80 Å². The van der Waals surface area contributed by atoms with Gasteiger partial charge < -0.3 is 0 Å². The molecule has 2 aliphatic carbocycles. The fourth-order valence-electron chi connectivity index (χ4n) is 8.44. The molecule has 2 unspecified atom stereocenters. The molecule has 2 atom stereocenters. The van der Waals surface area contributed by atoms with E-state index in [2.05, 4.69) is 151 Å². The second-order valence-electron chi connectivity index (χ2n) is 14.9. The van der Waals surface area contributed by atoms with Crippen LogP contribution in [0.15, 0.2) is 176 Å². The third-order valence-electron chi connectivity index (χ3n) is 11.3. The molecule has 0 aliphatic heterocycles. The molecule has 5 heteroatoms. The molecule has 0 fully saturated rings. The van der Waals surface area contributed by atoms with Crippen LogP contribution in [-0.2, 0) is 5.41 Å². The smallest absolute Gasteiger partial charge is 0.121 e. The fourth-order valence-corrected chi connectivity index (χ4v) is 8.44. The Balaban J connectivity index is 1.05. The highest BCUT2D eigenvalue weighted by atomic mass is 15.5. The molecule has 0 saturated heterocycles. The molecule has 0 N–H and O–H groups in total. The van der Waals surface area contributed by atoms with E-state index in [1.165, 1.54) is 22.3 Å². The number of nitrogens with zero attached hydrogens (tertiary/aromatic N) is 5. The SMILES string of the molecule is CC1(C)c2cc(-c3ccc(-n4nc5cc(-c6cccc(-c7ccccn7)c6)cc(-c6cccc(-c7ccccn7)c6)c5n4)cc3)ccc2C2C=CC=CC21. The van der Waals surface area contributed by atoms with Crippen molar-refractivity contribution in [3.05, 3.63) is 187 Å². The van der Waals surface area contributed by atoms with Crippen LogP contribution in [0.4, 0.5) is 0 Å². The quantitative estimate of drug-likeness (QED) is 0.174. The first-order valence-electron chi connectivity index (χ1n) is 18.5. The highest BCUT2D eigenvalue weighted by molar-refractivity contribution is 5.96. The summed E-state index contributed by atoms with van der Waals surface area (Å²) in [7, 11) is 0. The zero-order chi connectivity index (χ0) is 36.2. The van der Waals surface area contributed by atoms with Gasteiger partial charge in [0.2, 0.25) is 0 Å². The van der Waals surface area contributed by atoms with E-state index < -0.39 is 0 Å². The van der Waals surface area contributed by atoms with Crippen molar-refractivity contribution in [2.75, 3.05) is 0 Å². The number of benzene rings is 5. The van der Waals surface area contributed by atoms with Crippen molar-refractivity contribution in [3.63, 3.8) is 0 Å². The van der Waals surface area contributed by atoms with Crippen LogP contribution >= 0.6 is 0 Å². The summed E-state index contributed by atoms with van der Waals surface area (Å²) in [4.78, 5) is 11.0. The minimum absolute atomic E-state index is 0.0732. The maximum Gasteiger partial charge on any atom is 0.121 e. The van der Waals surface area contributed by atoms with Crippen molar-refractivity contribution in [2.45, 2.75) is 25.2 Å². The predicted molar refractivity (Wildman–Crippen MR) is 219 cm³/mol. The first kappa shape index (κ1) is 32.0. The largest absolute Gasteiger partial charge is 0.256 e. The third-order valence-corrected chi connectivity index (χ3v) is 11.3. The number of hydrogen-bond acceptors (Lipinski definition) is 4. The van der Waals surface area contributed by atoms with Crippen molar-refractivity contribution in [2.24, 2.45) is 5.92 Å². The molecule has 8 aromatic rings. The summed E-state index contributed by atoms with van der Waals surface area (Å²) in [6, 6.07) is 49.1. The molecular formula is C49H37N5. The summed E-state index contributed by atoms with van der Waals surface area (Å²) in [6.07, 6.45) is 12.8. The Bertz CT molecular complexity index is 2740. The topological polar surface area (TPSA) is 56.5 Å². The maximum atomic E-state index is 5.14. The van der Waals surface area contributed by atoms with Crippen molar-refractivity contribution in [1.29, 1.82) is 0 Å². The van der Waals surface area contributed by atoms with Crippen LogP contribution in [0.25, 0.3) is 72.6 Å². The van der Waals surface area contributed by atoms with Gasteiger partial charge in [0.25, 0.3) is 0 Å². The van der Waals surface area contributed by atoms with E-state index in [9.17, 15) is 0 Å². The molecule has 0 bridgehead atoms. The Kier molecular flexibility index (Phi) is 7.55. The Hall–Kier alpha value is -6.72. The van der Waals surface area contributed by atoms with E-state index >= 15 is 0 Å². The molecule has 5 aromatic carbocycles. The normalized spacial score (nSPS) is 16.7. The van der Waals surface area contributed by atoms with E-state index in [0.717, 1.165) is 61.5 Å². The highest BCUT2D eigenvalue weighted by Gasteiger charge is 2.44. The Morgan fingerprint density at radius 3 is 1.89 bits per heavy atom. The zero-order valence-electron chi connectivity index (χ0n) is 30.1. The van der Waals surface area contributed by atoms with Gasteiger partial charge in [0.1, 0.15) is 11.0 Å². The van der Waals surface area contributed by atoms with Gasteiger partial charge in [0.05, 0.1) is 17.1 Å². The van der Waals surface area contributed by atoms with Gasteiger partial charge in [-0.1, -0.05) is 117 Å². The summed E-state index contributed by atoms with van der Waals surface area (Å²) < 4.78 is 0. The van der Waals surface area contributed by atoms with Crippen LogP contribution in [0.3, 0.4) is 0 Å². The Morgan fingerprint density at radius 1 is 0.519 bits per heavy atom. The molecule has 10 rings (SSSR count). The van der Waals surface area contributed by atoms with E-state index in [1.807, 2.05) is 48.8 Å². The van der Waals surface area contributed by atoms with Gasteiger partial charge in [-0.3, -0.25) is 9.97 Å². The van der Waals surface area contributed by atoms with Crippen LogP contribution in [0.2, 0.25) is 0 Å². The average molecular weight is 696 g/mol. The highest BCUT2D eigenvalue weighted by Crippen LogP contribution is 2.53. The molecule has 3 heterocycles. The monoisotopic (exact) mass is 695 g/mol. The molecule has 0 radical (unpaired) electrons. The molecule has 3 aromatic heterocycles. The van der Waals surface area contributed by atoms with E-state index in [0.29, 0.717) is 11.8 Å². The summed E-state index contributed by atoms with van der Waals surface area (Å²) >= 11 is 0.